The lowest BCUT2D eigenvalue weighted by Gasteiger charge is -2.26. The largest absolute Gasteiger partial charge is 0.481 e. The molecule has 0 radical (unpaired) electrons. The standard InChI is InChI=1S/C42H58N14O15/c1-42(2,30(59)11-7-10-23-17-44-21-46-23)41(71)52-26(15-31-53-55-56-54-31)36(66)45-18-32(60)47-28(19-57)39(69)49-25(14-22-8-5-4-6-9-22)37(67)51-29(20-58)40(70)50-27(16-34(63)64)38(68)48-24(35(65)43-3)12-13-33(61)62/h4-6,8-9,17,21,24-29,57-58H,7,10-16,18-20H2,1-3H3,(H,43,65)(H,44,46)(H,45,66)(H,47,60)(H,48,68)(H,49,69)(H,50,70)(H,51,67)(H,52,71)(H,61,62)(H,63,64)(H,53,54,55,56)/t24-,25-,26-,27-,28-,29-/m0/s1. The van der Waals surface area contributed by atoms with E-state index in [2.05, 4.69) is 73.1 Å². The number of carboxylic acids is 2. The summed E-state index contributed by atoms with van der Waals surface area (Å²) in [6.07, 6.45) is 1.40. The monoisotopic (exact) mass is 998 g/mol. The molecule has 0 saturated heterocycles. The van der Waals surface area contributed by atoms with Crippen molar-refractivity contribution in [3.8, 4) is 0 Å². The van der Waals surface area contributed by atoms with Gasteiger partial charge in [0.15, 0.2) is 5.82 Å². The number of nitrogens with one attached hydrogen (secondary N) is 10. The van der Waals surface area contributed by atoms with Gasteiger partial charge in [-0.2, -0.15) is 5.21 Å². The van der Waals surface area contributed by atoms with E-state index in [4.69, 9.17) is 5.11 Å². The Labute approximate surface area is 404 Å². The summed E-state index contributed by atoms with van der Waals surface area (Å²) < 4.78 is 0. The van der Waals surface area contributed by atoms with E-state index in [0.29, 0.717) is 18.4 Å². The first-order chi connectivity index (χ1) is 33.7. The van der Waals surface area contributed by atoms with Crippen molar-refractivity contribution in [2.24, 2.45) is 5.41 Å². The number of imidazole rings is 1. The number of H-pyrrole nitrogens is 2. The van der Waals surface area contributed by atoms with Crippen LogP contribution in [0.3, 0.4) is 0 Å². The van der Waals surface area contributed by atoms with Gasteiger partial charge in [-0.05, 0) is 38.7 Å². The van der Waals surface area contributed by atoms with E-state index in [1.165, 1.54) is 27.2 Å². The number of aryl methyl sites for hydroxylation is 1. The number of hydrogen-bond acceptors (Lipinski definition) is 17. The van der Waals surface area contributed by atoms with Crippen molar-refractivity contribution >= 4 is 65.0 Å². The van der Waals surface area contributed by atoms with Gasteiger partial charge in [0.05, 0.1) is 32.5 Å². The van der Waals surface area contributed by atoms with Gasteiger partial charge in [0, 0.05) is 44.6 Å². The van der Waals surface area contributed by atoms with Gasteiger partial charge in [-0.1, -0.05) is 35.5 Å². The second-order valence-electron chi connectivity index (χ2n) is 16.3. The van der Waals surface area contributed by atoms with E-state index in [1.54, 1.807) is 36.5 Å². The molecule has 1 aromatic carbocycles. The maximum absolute atomic E-state index is 13.7. The molecule has 0 saturated carbocycles. The highest BCUT2D eigenvalue weighted by Gasteiger charge is 2.38. The number of hydrogen-bond donors (Lipinski definition) is 14. The summed E-state index contributed by atoms with van der Waals surface area (Å²) in [7, 11) is 1.20. The Bertz CT molecular complexity index is 2310. The van der Waals surface area contributed by atoms with Crippen LogP contribution in [0.25, 0.3) is 0 Å². The third kappa shape index (κ3) is 19.0. The van der Waals surface area contributed by atoms with E-state index >= 15 is 0 Å². The molecule has 0 bridgehead atoms. The number of aliphatic hydroxyl groups excluding tert-OH is 2. The molecule has 29 heteroatoms. The first-order valence-corrected chi connectivity index (χ1v) is 21.9. The number of amides is 8. The smallest absolute Gasteiger partial charge is 0.305 e. The minimum atomic E-state index is -1.91. The zero-order chi connectivity index (χ0) is 52.7. The highest BCUT2D eigenvalue weighted by molar-refractivity contribution is 6.06. The van der Waals surface area contributed by atoms with Gasteiger partial charge in [-0.3, -0.25) is 52.7 Å². The molecule has 386 valence electrons. The number of carboxylic acid groups (broad SMARTS) is 2. The van der Waals surface area contributed by atoms with E-state index in [9.17, 15) is 68.1 Å². The Kier molecular flexibility index (Phi) is 22.8. The first-order valence-electron chi connectivity index (χ1n) is 21.9. The topological polar surface area (TPSA) is 448 Å². The van der Waals surface area contributed by atoms with E-state index in [-0.39, 0.29) is 25.1 Å². The lowest BCUT2D eigenvalue weighted by Crippen LogP contribution is -2.61. The SMILES string of the molecule is CNC(=O)[C@H](CCC(=O)O)NC(=O)[C@H](CC(=O)O)NC(=O)[C@H](CO)NC(=O)[C@H](Cc1ccccc1)NC(=O)[C@H](CO)NC(=O)CNC(=O)[C@H](Cc1nn[nH]n1)NC(=O)C(C)(C)C(=O)CCCc1cnc[nH]1. The fraction of sp³-hybridized carbons (Fsp3) is 0.500. The quantitative estimate of drug-likeness (QED) is 0.0267. The molecule has 3 aromatic rings. The van der Waals surface area contributed by atoms with Crippen molar-refractivity contribution < 1.29 is 73.2 Å². The van der Waals surface area contributed by atoms with Gasteiger partial charge >= 0.3 is 11.9 Å². The van der Waals surface area contributed by atoms with Crippen LogP contribution in [0.2, 0.25) is 0 Å². The Balaban J connectivity index is 1.70. The van der Waals surface area contributed by atoms with E-state index in [0.717, 1.165) is 5.69 Å². The van der Waals surface area contributed by atoms with Crippen LogP contribution in [-0.2, 0) is 72.0 Å². The molecule has 14 N–H and O–H groups in total. The van der Waals surface area contributed by atoms with Crippen molar-refractivity contribution in [1.82, 2.24) is 73.1 Å². The number of aromatic amines is 2. The minimum absolute atomic E-state index is 0.00987. The van der Waals surface area contributed by atoms with Crippen LogP contribution >= 0.6 is 0 Å². The molecule has 0 fully saturated rings. The van der Waals surface area contributed by atoms with Crippen molar-refractivity contribution in [2.75, 3.05) is 26.8 Å². The number of likely N-dealkylation sites (N-methyl/N-ethyl adjacent to an activating group) is 1. The molecular weight excluding hydrogens is 941 g/mol. The van der Waals surface area contributed by atoms with Crippen LogP contribution in [0, 0.1) is 5.41 Å². The summed E-state index contributed by atoms with van der Waals surface area (Å²) in [4.78, 5) is 149. The molecule has 0 aliphatic rings. The maximum atomic E-state index is 13.7. The highest BCUT2D eigenvalue weighted by atomic mass is 16.4. The second kappa shape index (κ2) is 28.3. The number of carbonyl (C=O) groups is 11. The minimum Gasteiger partial charge on any atom is -0.481 e. The number of tetrazole rings is 1. The summed E-state index contributed by atoms with van der Waals surface area (Å²) in [6.45, 7) is -0.223. The summed E-state index contributed by atoms with van der Waals surface area (Å²) in [5, 5.41) is 70.0. The number of benzene rings is 1. The number of aromatic nitrogens is 6. The average molecular weight is 999 g/mol. The average Bonchev–Trinajstić information content (AvgIpc) is 4.07. The molecule has 0 unspecified atom stereocenters. The van der Waals surface area contributed by atoms with Crippen LogP contribution in [0.15, 0.2) is 42.9 Å². The fourth-order valence-corrected chi connectivity index (χ4v) is 6.47. The Morgan fingerprint density at radius 3 is 1.85 bits per heavy atom. The molecule has 8 amide bonds. The van der Waals surface area contributed by atoms with Crippen LogP contribution in [0.5, 0.6) is 0 Å². The van der Waals surface area contributed by atoms with Gasteiger partial charge in [-0.25, -0.2) is 4.98 Å². The zero-order valence-electron chi connectivity index (χ0n) is 38.9. The lowest BCUT2D eigenvalue weighted by molar-refractivity contribution is -0.143. The third-order valence-corrected chi connectivity index (χ3v) is 10.6. The van der Waals surface area contributed by atoms with Gasteiger partial charge in [0.25, 0.3) is 0 Å². The van der Waals surface area contributed by atoms with Gasteiger partial charge < -0.3 is 67.9 Å². The number of ketones is 1. The summed E-state index contributed by atoms with van der Waals surface area (Å²) in [5.41, 5.74) is -0.344. The molecule has 6 atom stereocenters. The summed E-state index contributed by atoms with van der Waals surface area (Å²) >= 11 is 0. The first kappa shape index (κ1) is 57.1. The Morgan fingerprint density at radius 2 is 1.27 bits per heavy atom. The number of aliphatic hydroxyl groups is 2. The predicted molar refractivity (Wildman–Crippen MR) is 240 cm³/mol. The van der Waals surface area contributed by atoms with Crippen molar-refractivity contribution in [1.29, 1.82) is 0 Å². The number of Topliss-reactive ketones (excluding diaryl/α,β-unsaturated/α-hetero) is 1. The molecule has 2 aromatic heterocycles. The Hall–Kier alpha value is -8.21. The molecule has 3 rings (SSSR count). The third-order valence-electron chi connectivity index (χ3n) is 10.6. The molecule has 2 heterocycles. The molecule has 0 spiro atoms. The van der Waals surface area contributed by atoms with Crippen molar-refractivity contribution in [3.05, 3.63) is 59.9 Å². The number of aliphatic carboxylic acids is 2. The summed E-state index contributed by atoms with van der Waals surface area (Å²) in [6, 6.07) is -2.04. The second-order valence-corrected chi connectivity index (χ2v) is 16.3. The Morgan fingerprint density at radius 1 is 0.676 bits per heavy atom. The molecular formula is C42H58N14O15. The van der Waals surface area contributed by atoms with Crippen LogP contribution < -0.4 is 42.5 Å². The molecule has 0 aliphatic carbocycles. The van der Waals surface area contributed by atoms with E-state index < -0.39 is 146 Å². The van der Waals surface area contributed by atoms with Crippen molar-refractivity contribution in [3.63, 3.8) is 0 Å². The number of rotatable bonds is 31. The molecule has 0 aliphatic heterocycles. The molecule has 71 heavy (non-hydrogen) atoms. The number of nitrogens with zero attached hydrogens (tertiary/aromatic N) is 4. The van der Waals surface area contributed by atoms with Crippen LogP contribution in [0.1, 0.15) is 63.0 Å². The van der Waals surface area contributed by atoms with Crippen LogP contribution in [0.4, 0.5) is 0 Å². The maximum Gasteiger partial charge on any atom is 0.305 e. The lowest BCUT2D eigenvalue weighted by atomic mass is 9.84. The van der Waals surface area contributed by atoms with Gasteiger partial charge in [0.2, 0.25) is 47.3 Å². The zero-order valence-corrected chi connectivity index (χ0v) is 38.9. The number of carbonyl (C=O) groups excluding carboxylic acids is 9. The van der Waals surface area contributed by atoms with Crippen LogP contribution in [-0.4, -0.2) is 179 Å². The highest BCUT2D eigenvalue weighted by Crippen LogP contribution is 2.21. The van der Waals surface area contributed by atoms with E-state index in [1.807, 2.05) is 0 Å². The molecule has 29 nitrogen and oxygen atoms in total. The van der Waals surface area contributed by atoms with Gasteiger partial charge in [0.1, 0.15) is 47.4 Å². The summed E-state index contributed by atoms with van der Waals surface area (Å²) in [5.74, 6) is -11.7. The van der Waals surface area contributed by atoms with Crippen molar-refractivity contribution in [2.45, 2.75) is 101 Å². The predicted octanol–water partition coefficient (Wildman–Crippen LogP) is -5.58. The normalized spacial score (nSPS) is 13.6. The fourth-order valence-electron chi connectivity index (χ4n) is 6.47. The van der Waals surface area contributed by atoms with Gasteiger partial charge in [-0.15, -0.1) is 10.2 Å².